The predicted octanol–water partition coefficient (Wildman–Crippen LogP) is 4.16. The number of nitrogens with zero attached hydrogens (tertiary/aromatic N) is 3. The first-order valence-electron chi connectivity index (χ1n) is 8.48. The van der Waals surface area contributed by atoms with Gasteiger partial charge in [-0.05, 0) is 37.1 Å². The molecule has 1 aliphatic rings. The summed E-state index contributed by atoms with van der Waals surface area (Å²) in [6, 6.07) is 14.5. The van der Waals surface area contributed by atoms with Gasteiger partial charge >= 0.3 is 0 Å². The Bertz CT molecular complexity index is 899. The fourth-order valence-corrected chi connectivity index (χ4v) is 3.15. The molecule has 1 aliphatic heterocycles. The molecule has 0 atom stereocenters. The minimum atomic E-state index is -0.431. The van der Waals surface area contributed by atoms with Crippen LogP contribution in [0.4, 0.5) is 11.4 Å². The average Bonchev–Trinajstić information content (AvgIpc) is 2.68. The number of benzene rings is 2. The summed E-state index contributed by atoms with van der Waals surface area (Å²) in [4.78, 5) is 12.9. The number of anilines is 1. The number of rotatable bonds is 5. The zero-order valence-corrected chi connectivity index (χ0v) is 14.5. The van der Waals surface area contributed by atoms with E-state index in [2.05, 4.69) is 6.08 Å². The summed E-state index contributed by atoms with van der Waals surface area (Å²) >= 11 is 0. The van der Waals surface area contributed by atoms with E-state index in [9.17, 15) is 10.1 Å². The van der Waals surface area contributed by atoms with Crippen LogP contribution in [0.25, 0.3) is 5.57 Å². The van der Waals surface area contributed by atoms with Gasteiger partial charge in [-0.2, -0.15) is 5.26 Å². The number of hydrogen-bond donors (Lipinski definition) is 0. The van der Waals surface area contributed by atoms with E-state index in [0.29, 0.717) is 30.9 Å². The molecule has 0 saturated heterocycles. The van der Waals surface area contributed by atoms with Crippen LogP contribution in [0.5, 0.6) is 5.75 Å². The average molecular weight is 349 g/mol. The van der Waals surface area contributed by atoms with Crippen molar-refractivity contribution >= 4 is 16.9 Å². The minimum Gasteiger partial charge on any atom is -0.493 e. The molecule has 0 aromatic heterocycles. The molecule has 132 valence electrons. The fourth-order valence-electron chi connectivity index (χ4n) is 3.15. The molecule has 26 heavy (non-hydrogen) atoms. The normalized spacial score (nSPS) is 13.7. The second kappa shape index (κ2) is 7.70. The van der Waals surface area contributed by atoms with E-state index >= 15 is 0 Å². The molecule has 1 heterocycles. The van der Waals surface area contributed by atoms with Crippen LogP contribution in [0.15, 0.2) is 48.5 Å². The van der Waals surface area contributed by atoms with Gasteiger partial charge in [0.25, 0.3) is 5.69 Å². The topological polar surface area (TPSA) is 79.4 Å². The first kappa shape index (κ1) is 17.5. The van der Waals surface area contributed by atoms with Gasteiger partial charge in [-0.15, -0.1) is 0 Å². The van der Waals surface area contributed by atoms with Gasteiger partial charge < -0.3 is 9.64 Å². The van der Waals surface area contributed by atoms with Gasteiger partial charge in [0.2, 0.25) is 0 Å². The van der Waals surface area contributed by atoms with Crippen LogP contribution in [0.3, 0.4) is 0 Å². The Morgan fingerprint density at radius 3 is 2.77 bits per heavy atom. The molecule has 6 heteroatoms. The molecule has 0 fully saturated rings. The van der Waals surface area contributed by atoms with Crippen LogP contribution in [0.2, 0.25) is 0 Å². The highest BCUT2D eigenvalue weighted by Gasteiger charge is 2.23. The molecule has 6 nitrogen and oxygen atoms in total. The van der Waals surface area contributed by atoms with Crippen molar-refractivity contribution in [2.45, 2.75) is 13.3 Å². The van der Waals surface area contributed by atoms with Crippen LogP contribution in [0, 0.1) is 21.4 Å². The Kier molecular flexibility index (Phi) is 5.18. The Morgan fingerprint density at radius 1 is 1.31 bits per heavy atom. The molecule has 0 spiro atoms. The maximum atomic E-state index is 11.4. The number of nitriles is 1. The molecule has 0 radical (unpaired) electrons. The molecule has 0 N–H and O–H groups in total. The lowest BCUT2D eigenvalue weighted by atomic mass is 9.98. The maximum absolute atomic E-state index is 11.4. The summed E-state index contributed by atoms with van der Waals surface area (Å²) in [6.07, 6.45) is 2.85. The Morgan fingerprint density at radius 2 is 2.12 bits per heavy atom. The van der Waals surface area contributed by atoms with E-state index < -0.39 is 4.92 Å². The molecule has 0 bridgehead atoms. The molecular weight excluding hydrogens is 330 g/mol. The van der Waals surface area contributed by atoms with E-state index in [1.807, 2.05) is 42.2 Å². The van der Waals surface area contributed by atoms with Crippen molar-refractivity contribution in [3.63, 3.8) is 0 Å². The summed E-state index contributed by atoms with van der Waals surface area (Å²) in [5.41, 5.74) is 3.06. The van der Waals surface area contributed by atoms with Crippen LogP contribution in [0.1, 0.15) is 24.5 Å². The second-order valence-electron chi connectivity index (χ2n) is 5.93. The lowest BCUT2D eigenvalue weighted by Crippen LogP contribution is -2.29. The highest BCUT2D eigenvalue weighted by molar-refractivity contribution is 5.74. The predicted molar refractivity (Wildman–Crippen MR) is 100 cm³/mol. The minimum absolute atomic E-state index is 0.0318. The first-order chi connectivity index (χ1) is 12.6. The van der Waals surface area contributed by atoms with Crippen molar-refractivity contribution in [3.8, 4) is 11.8 Å². The highest BCUT2D eigenvalue weighted by atomic mass is 16.6. The fraction of sp³-hybridized carbons (Fsp3) is 0.250. The van der Waals surface area contributed by atoms with Crippen molar-refractivity contribution in [3.05, 3.63) is 69.8 Å². The zero-order chi connectivity index (χ0) is 18.5. The van der Waals surface area contributed by atoms with E-state index in [1.54, 1.807) is 12.1 Å². The number of nitro groups is 1. The van der Waals surface area contributed by atoms with Crippen molar-refractivity contribution in [2.24, 2.45) is 0 Å². The lowest BCUT2D eigenvalue weighted by molar-refractivity contribution is -0.384. The van der Waals surface area contributed by atoms with Gasteiger partial charge in [-0.25, -0.2) is 0 Å². The van der Waals surface area contributed by atoms with Gasteiger partial charge in [0, 0.05) is 24.7 Å². The van der Waals surface area contributed by atoms with Crippen molar-refractivity contribution in [1.82, 2.24) is 0 Å². The van der Waals surface area contributed by atoms with Gasteiger partial charge in [-0.1, -0.05) is 24.3 Å². The SMILES string of the molecule is CCOc1ccccc1C1=CCN(c2ccc(C#N)cc2[N+](=O)[O-])CC1. The van der Waals surface area contributed by atoms with Crippen molar-refractivity contribution < 1.29 is 9.66 Å². The monoisotopic (exact) mass is 349 g/mol. The summed E-state index contributed by atoms with van der Waals surface area (Å²) in [5, 5.41) is 20.3. The molecule has 2 aromatic carbocycles. The Balaban J connectivity index is 1.87. The first-order valence-corrected chi connectivity index (χ1v) is 8.48. The Hall–Kier alpha value is -3.33. The van der Waals surface area contributed by atoms with Gasteiger partial charge in [0.15, 0.2) is 0 Å². The summed E-state index contributed by atoms with van der Waals surface area (Å²) in [5.74, 6) is 0.860. The van der Waals surface area contributed by atoms with Crippen LogP contribution < -0.4 is 9.64 Å². The third-order valence-electron chi connectivity index (χ3n) is 4.38. The van der Waals surface area contributed by atoms with E-state index in [-0.39, 0.29) is 5.69 Å². The van der Waals surface area contributed by atoms with E-state index in [0.717, 1.165) is 17.7 Å². The van der Waals surface area contributed by atoms with E-state index in [1.165, 1.54) is 11.6 Å². The standard InChI is InChI=1S/C20H19N3O3/c1-2-26-20-6-4-3-5-17(20)16-9-11-22(12-10-16)18-8-7-15(14-21)13-19(18)23(24)25/h3-9,13H,2,10-12H2,1H3. The zero-order valence-electron chi connectivity index (χ0n) is 14.5. The molecular formula is C20H19N3O3. The van der Waals surface area contributed by atoms with Crippen molar-refractivity contribution in [2.75, 3.05) is 24.6 Å². The number of ether oxygens (including phenoxy) is 1. The summed E-state index contributed by atoms with van der Waals surface area (Å²) in [7, 11) is 0. The number of nitro benzene ring substituents is 1. The Labute approximate surface area is 152 Å². The summed E-state index contributed by atoms with van der Waals surface area (Å²) < 4.78 is 5.70. The maximum Gasteiger partial charge on any atom is 0.293 e. The van der Waals surface area contributed by atoms with E-state index in [4.69, 9.17) is 10.00 Å². The largest absolute Gasteiger partial charge is 0.493 e. The third kappa shape index (κ3) is 3.52. The van der Waals surface area contributed by atoms with Crippen molar-refractivity contribution in [1.29, 1.82) is 5.26 Å². The van der Waals surface area contributed by atoms with Crippen LogP contribution >= 0.6 is 0 Å². The lowest BCUT2D eigenvalue weighted by Gasteiger charge is -2.28. The smallest absolute Gasteiger partial charge is 0.293 e. The van der Waals surface area contributed by atoms with Crippen LogP contribution in [-0.2, 0) is 0 Å². The molecule has 0 amide bonds. The highest BCUT2D eigenvalue weighted by Crippen LogP contribution is 2.34. The molecule has 0 unspecified atom stereocenters. The summed E-state index contributed by atoms with van der Waals surface area (Å²) in [6.45, 7) is 3.80. The molecule has 0 aliphatic carbocycles. The van der Waals surface area contributed by atoms with Gasteiger partial charge in [-0.3, -0.25) is 10.1 Å². The molecule has 2 aromatic rings. The third-order valence-corrected chi connectivity index (χ3v) is 4.38. The second-order valence-corrected chi connectivity index (χ2v) is 5.93. The molecule has 3 rings (SSSR count). The molecule has 0 saturated carbocycles. The van der Waals surface area contributed by atoms with Crippen LogP contribution in [-0.4, -0.2) is 24.6 Å². The quantitative estimate of drug-likeness (QED) is 0.598. The number of hydrogen-bond acceptors (Lipinski definition) is 5. The van der Waals surface area contributed by atoms with Gasteiger partial charge in [0.05, 0.1) is 23.2 Å². The van der Waals surface area contributed by atoms with Gasteiger partial charge in [0.1, 0.15) is 11.4 Å². The number of para-hydroxylation sites is 1.